The van der Waals surface area contributed by atoms with E-state index < -0.39 is 0 Å². The lowest BCUT2D eigenvalue weighted by Gasteiger charge is -2.44. The van der Waals surface area contributed by atoms with Gasteiger partial charge in [-0.1, -0.05) is 42.2 Å². The summed E-state index contributed by atoms with van der Waals surface area (Å²) in [6.07, 6.45) is 8.31. The van der Waals surface area contributed by atoms with Crippen molar-refractivity contribution in [3.8, 4) is 6.19 Å². The quantitative estimate of drug-likeness (QED) is 0.739. The molecular formula is C17H22ClN5OS. The second kappa shape index (κ2) is 7.10. The van der Waals surface area contributed by atoms with Crippen LogP contribution in [0.5, 0.6) is 0 Å². The van der Waals surface area contributed by atoms with Crippen LogP contribution in [0.2, 0.25) is 5.15 Å². The van der Waals surface area contributed by atoms with Crippen molar-refractivity contribution < 1.29 is 4.79 Å². The summed E-state index contributed by atoms with van der Waals surface area (Å²) < 4.78 is 0. The van der Waals surface area contributed by atoms with E-state index in [1.807, 2.05) is 0 Å². The predicted octanol–water partition coefficient (Wildman–Crippen LogP) is 2.66. The van der Waals surface area contributed by atoms with Crippen LogP contribution in [0.25, 0.3) is 0 Å². The third-order valence-electron chi connectivity index (χ3n) is 5.60. The van der Waals surface area contributed by atoms with Crippen LogP contribution in [-0.4, -0.2) is 59.5 Å². The normalized spacial score (nSPS) is 25.8. The Labute approximate surface area is 157 Å². The van der Waals surface area contributed by atoms with E-state index in [0.717, 1.165) is 23.1 Å². The van der Waals surface area contributed by atoms with Gasteiger partial charge in [-0.3, -0.25) is 14.6 Å². The largest absolute Gasteiger partial charge is 0.307 e. The summed E-state index contributed by atoms with van der Waals surface area (Å²) in [6.45, 7) is 3.42. The Hall–Kier alpha value is -1.36. The van der Waals surface area contributed by atoms with Gasteiger partial charge in [0.2, 0.25) is 5.91 Å². The maximum atomic E-state index is 13.0. The molecule has 0 aromatic carbocycles. The number of amides is 1. The molecule has 1 saturated carbocycles. The molecule has 25 heavy (non-hydrogen) atoms. The number of nitriles is 1. The Morgan fingerprint density at radius 3 is 2.68 bits per heavy atom. The fraction of sp³-hybridized carbons (Fsp3) is 0.706. The molecule has 0 radical (unpaired) electrons. The van der Waals surface area contributed by atoms with Gasteiger partial charge in [0.05, 0.1) is 6.54 Å². The smallest absolute Gasteiger partial charge is 0.248 e. The molecule has 0 N–H and O–H groups in total. The Morgan fingerprint density at radius 1 is 1.16 bits per heavy atom. The van der Waals surface area contributed by atoms with E-state index in [1.165, 1.54) is 32.1 Å². The molecule has 8 heteroatoms. The molecular weight excluding hydrogens is 358 g/mol. The van der Waals surface area contributed by atoms with E-state index >= 15 is 0 Å². The van der Waals surface area contributed by atoms with Gasteiger partial charge >= 0.3 is 0 Å². The van der Waals surface area contributed by atoms with Crippen LogP contribution < -0.4 is 4.90 Å². The van der Waals surface area contributed by atoms with E-state index in [4.69, 9.17) is 16.9 Å². The van der Waals surface area contributed by atoms with Gasteiger partial charge in [0.25, 0.3) is 0 Å². The van der Waals surface area contributed by atoms with Crippen LogP contribution in [0.4, 0.5) is 5.13 Å². The van der Waals surface area contributed by atoms with Crippen LogP contribution in [0.1, 0.15) is 42.9 Å². The topological polar surface area (TPSA) is 63.5 Å². The molecule has 1 unspecified atom stereocenters. The standard InChI is InChI=1S/C17H22ClN5OS/c18-15-14(12-4-2-1-3-5-12)25-17(20-15)23-9-8-22-7-6-21(11-19)10-13(22)16(23)24/h12-13H,1-10H2. The average Bonchev–Trinajstić information content (AvgIpc) is 3.04. The molecule has 1 amide bonds. The monoisotopic (exact) mass is 379 g/mol. The first kappa shape index (κ1) is 17.1. The van der Waals surface area contributed by atoms with Crippen molar-refractivity contribution in [2.75, 3.05) is 37.6 Å². The van der Waals surface area contributed by atoms with E-state index in [0.29, 0.717) is 30.7 Å². The Balaban J connectivity index is 1.54. The maximum Gasteiger partial charge on any atom is 0.248 e. The minimum Gasteiger partial charge on any atom is -0.307 e. The minimum atomic E-state index is -0.247. The lowest BCUT2D eigenvalue weighted by molar-refractivity contribution is -0.127. The molecule has 1 aromatic rings. The van der Waals surface area contributed by atoms with Gasteiger partial charge in [-0.25, -0.2) is 4.98 Å². The number of aromatic nitrogens is 1. The Kier molecular flexibility index (Phi) is 4.85. The van der Waals surface area contributed by atoms with Crippen LogP contribution in [0, 0.1) is 11.5 Å². The molecule has 1 aromatic heterocycles. The number of hydrogen-bond donors (Lipinski definition) is 0. The highest BCUT2D eigenvalue weighted by Gasteiger charge is 2.40. The fourth-order valence-corrected chi connectivity index (χ4v) is 5.71. The first-order valence-corrected chi connectivity index (χ1v) is 10.2. The van der Waals surface area contributed by atoms with E-state index in [9.17, 15) is 4.79 Å². The molecule has 3 heterocycles. The second-order valence-corrected chi connectivity index (χ2v) is 8.44. The number of nitrogens with zero attached hydrogens (tertiary/aromatic N) is 5. The first-order chi connectivity index (χ1) is 12.2. The predicted molar refractivity (Wildman–Crippen MR) is 97.9 cm³/mol. The molecule has 134 valence electrons. The number of piperazine rings is 2. The first-order valence-electron chi connectivity index (χ1n) is 9.03. The molecule has 0 bridgehead atoms. The van der Waals surface area contributed by atoms with Crippen LogP contribution in [0.15, 0.2) is 0 Å². The summed E-state index contributed by atoms with van der Waals surface area (Å²) in [7, 11) is 0. The van der Waals surface area contributed by atoms with Gasteiger partial charge in [0, 0.05) is 31.1 Å². The van der Waals surface area contributed by atoms with Gasteiger partial charge in [0.15, 0.2) is 11.3 Å². The molecule has 6 nitrogen and oxygen atoms in total. The number of thiazole rings is 1. The van der Waals surface area contributed by atoms with Gasteiger partial charge in [-0.15, -0.1) is 0 Å². The second-order valence-electron chi connectivity index (χ2n) is 7.07. The lowest BCUT2D eigenvalue weighted by Crippen LogP contribution is -2.64. The van der Waals surface area contributed by atoms with E-state index in [2.05, 4.69) is 16.1 Å². The molecule has 2 aliphatic heterocycles. The summed E-state index contributed by atoms with van der Waals surface area (Å²) in [5.74, 6) is 0.541. The number of hydrogen-bond acceptors (Lipinski definition) is 6. The van der Waals surface area contributed by atoms with Crippen LogP contribution in [0.3, 0.4) is 0 Å². The number of carbonyl (C=O) groups is 1. The third-order valence-corrected chi connectivity index (χ3v) is 7.24. The SMILES string of the molecule is N#CN1CCN2CCN(c3nc(Cl)c(C4CCCCC4)s3)C(=O)C2C1. The summed E-state index contributed by atoms with van der Waals surface area (Å²) in [4.78, 5) is 24.3. The van der Waals surface area contributed by atoms with Crippen molar-refractivity contribution in [1.29, 1.82) is 5.26 Å². The molecule has 1 aliphatic carbocycles. The van der Waals surface area contributed by atoms with Crippen LogP contribution >= 0.6 is 22.9 Å². The van der Waals surface area contributed by atoms with Crippen LogP contribution in [-0.2, 0) is 4.79 Å². The molecule has 1 atom stereocenters. The van der Waals surface area contributed by atoms with E-state index in [1.54, 1.807) is 21.1 Å². The Bertz CT molecular complexity index is 696. The lowest BCUT2D eigenvalue weighted by atomic mass is 9.88. The van der Waals surface area contributed by atoms with Gasteiger partial charge in [-0.05, 0) is 18.8 Å². The van der Waals surface area contributed by atoms with Crippen molar-refractivity contribution >= 4 is 34.0 Å². The highest BCUT2D eigenvalue weighted by Crippen LogP contribution is 2.42. The molecule has 3 fully saturated rings. The number of halogens is 1. The van der Waals surface area contributed by atoms with Gasteiger partial charge in [0.1, 0.15) is 11.2 Å². The third kappa shape index (κ3) is 3.23. The zero-order chi connectivity index (χ0) is 17.4. The van der Waals surface area contributed by atoms with Crippen molar-refractivity contribution in [3.63, 3.8) is 0 Å². The van der Waals surface area contributed by atoms with Crippen molar-refractivity contribution in [2.24, 2.45) is 0 Å². The van der Waals surface area contributed by atoms with Gasteiger partial charge < -0.3 is 4.90 Å². The van der Waals surface area contributed by atoms with Crippen molar-refractivity contribution in [1.82, 2.24) is 14.8 Å². The zero-order valence-corrected chi connectivity index (χ0v) is 15.7. The maximum absolute atomic E-state index is 13.0. The summed E-state index contributed by atoms with van der Waals surface area (Å²) in [5, 5.41) is 10.4. The molecule has 4 rings (SSSR count). The number of anilines is 1. The highest BCUT2D eigenvalue weighted by molar-refractivity contribution is 7.16. The number of rotatable bonds is 2. The summed E-state index contributed by atoms with van der Waals surface area (Å²) in [5.41, 5.74) is 0. The fourth-order valence-electron chi connectivity index (χ4n) is 4.16. The van der Waals surface area contributed by atoms with Crippen molar-refractivity contribution in [2.45, 2.75) is 44.1 Å². The number of fused-ring (bicyclic) bond motifs is 1. The highest BCUT2D eigenvalue weighted by atomic mass is 35.5. The minimum absolute atomic E-state index is 0.0480. The average molecular weight is 380 g/mol. The number of carbonyl (C=O) groups excluding carboxylic acids is 1. The van der Waals surface area contributed by atoms with E-state index in [-0.39, 0.29) is 11.9 Å². The molecule has 2 saturated heterocycles. The van der Waals surface area contributed by atoms with Gasteiger partial charge in [-0.2, -0.15) is 5.26 Å². The zero-order valence-electron chi connectivity index (χ0n) is 14.2. The van der Waals surface area contributed by atoms with Crippen molar-refractivity contribution in [3.05, 3.63) is 10.0 Å². The summed E-state index contributed by atoms with van der Waals surface area (Å²) >= 11 is 8.01. The molecule has 0 spiro atoms. The molecule has 3 aliphatic rings. The summed E-state index contributed by atoms with van der Waals surface area (Å²) in [6, 6.07) is -0.247. The Morgan fingerprint density at radius 2 is 1.92 bits per heavy atom.